The Morgan fingerprint density at radius 3 is 2.71 bits per heavy atom. The molecule has 94 valence electrons. The van der Waals surface area contributed by atoms with Crippen LogP contribution in [0, 0.1) is 0 Å². The van der Waals surface area contributed by atoms with Gasteiger partial charge in [0.1, 0.15) is 0 Å². The van der Waals surface area contributed by atoms with Crippen molar-refractivity contribution in [3.8, 4) is 0 Å². The molecule has 1 N–H and O–H groups in total. The lowest BCUT2D eigenvalue weighted by Crippen LogP contribution is -2.44. The van der Waals surface area contributed by atoms with Gasteiger partial charge in [0.2, 0.25) is 10.0 Å². The van der Waals surface area contributed by atoms with Crippen LogP contribution in [0.5, 0.6) is 0 Å². The molecule has 0 fully saturated rings. The van der Waals surface area contributed by atoms with E-state index in [1.165, 1.54) is 4.31 Å². The summed E-state index contributed by atoms with van der Waals surface area (Å²) in [6.45, 7) is -0.244. The third-order valence-corrected chi connectivity index (χ3v) is 5.46. The third kappa shape index (κ3) is 2.22. The van der Waals surface area contributed by atoms with Crippen LogP contribution in [0.15, 0.2) is 29.2 Å². The number of anilines is 1. The molecule has 1 aromatic carbocycles. The smallest absolute Gasteiger partial charge is 0.232 e. The summed E-state index contributed by atoms with van der Waals surface area (Å²) in [7, 11) is -4.78. The maximum absolute atomic E-state index is 12.0. The lowest BCUT2D eigenvalue weighted by molar-refractivity contribution is 0.293. The van der Waals surface area contributed by atoms with Gasteiger partial charge in [0.25, 0.3) is 0 Å². The van der Waals surface area contributed by atoms with Crippen molar-refractivity contribution in [3.63, 3.8) is 0 Å². The highest BCUT2D eigenvalue weighted by molar-refractivity contribution is 7.92. The molecule has 1 unspecified atom stereocenters. The number of benzene rings is 1. The highest BCUT2D eigenvalue weighted by atomic mass is 32.2. The standard InChI is InChI=1S/C10H13NO4S2/c1-17(14,15)11-6-8(7-12)16(13)10-5-3-2-4-9(10)11/h2-5,8,12H,6-7H2,1H3/t8-,16?/m1/s1. The largest absolute Gasteiger partial charge is 0.395 e. The van der Waals surface area contributed by atoms with Gasteiger partial charge in [-0.15, -0.1) is 0 Å². The van der Waals surface area contributed by atoms with Gasteiger partial charge in [-0.3, -0.25) is 8.51 Å². The van der Waals surface area contributed by atoms with Gasteiger partial charge in [0, 0.05) is 0 Å². The fourth-order valence-corrected chi connectivity index (χ4v) is 4.30. The molecule has 0 aliphatic carbocycles. The Morgan fingerprint density at radius 1 is 1.47 bits per heavy atom. The van der Waals surface area contributed by atoms with Gasteiger partial charge >= 0.3 is 0 Å². The lowest BCUT2D eigenvalue weighted by Gasteiger charge is -2.32. The predicted molar refractivity (Wildman–Crippen MR) is 65.9 cm³/mol. The van der Waals surface area contributed by atoms with E-state index in [-0.39, 0.29) is 13.2 Å². The Morgan fingerprint density at radius 2 is 2.12 bits per heavy atom. The molecule has 0 spiro atoms. The van der Waals surface area contributed by atoms with Crippen LogP contribution < -0.4 is 4.31 Å². The maximum atomic E-state index is 12.0. The molecule has 7 heteroatoms. The maximum Gasteiger partial charge on any atom is 0.232 e. The van der Waals surface area contributed by atoms with Crippen LogP contribution in [0.4, 0.5) is 5.69 Å². The fraction of sp³-hybridized carbons (Fsp3) is 0.400. The van der Waals surface area contributed by atoms with E-state index >= 15 is 0 Å². The topological polar surface area (TPSA) is 74.7 Å². The molecular formula is C10H13NO4S2. The minimum Gasteiger partial charge on any atom is -0.395 e. The van der Waals surface area contributed by atoms with Crippen molar-refractivity contribution in [2.75, 3.05) is 23.7 Å². The van der Waals surface area contributed by atoms with Gasteiger partial charge in [-0.25, -0.2) is 8.42 Å². The van der Waals surface area contributed by atoms with Crippen LogP contribution in [-0.2, 0) is 20.8 Å². The average Bonchev–Trinajstić information content (AvgIpc) is 2.28. The summed E-state index contributed by atoms with van der Waals surface area (Å²) < 4.78 is 36.6. The first-order chi connectivity index (χ1) is 7.95. The first-order valence-electron chi connectivity index (χ1n) is 5.03. The molecule has 0 aromatic heterocycles. The van der Waals surface area contributed by atoms with Crippen molar-refractivity contribution in [1.29, 1.82) is 0 Å². The van der Waals surface area contributed by atoms with Crippen molar-refractivity contribution < 1.29 is 17.7 Å². The van der Waals surface area contributed by atoms with Crippen LogP contribution >= 0.6 is 0 Å². The number of fused-ring (bicyclic) bond motifs is 1. The average molecular weight is 275 g/mol. The third-order valence-electron chi connectivity index (χ3n) is 2.63. The number of para-hydroxylation sites is 1. The van der Waals surface area contributed by atoms with Crippen molar-refractivity contribution in [2.45, 2.75) is 10.1 Å². The number of rotatable bonds is 2. The van der Waals surface area contributed by atoms with E-state index in [1.807, 2.05) is 0 Å². The van der Waals surface area contributed by atoms with Gasteiger partial charge in [-0.2, -0.15) is 0 Å². The Hall–Kier alpha value is -0.920. The molecule has 0 bridgehead atoms. The van der Waals surface area contributed by atoms with Crippen LogP contribution in [-0.4, -0.2) is 42.4 Å². The zero-order valence-electron chi connectivity index (χ0n) is 9.24. The lowest BCUT2D eigenvalue weighted by atomic mass is 10.3. The Labute approximate surface area is 103 Å². The van der Waals surface area contributed by atoms with Gasteiger partial charge in [-0.05, 0) is 12.1 Å². The SMILES string of the molecule is CS(=O)(=O)N1C[C@H](CO)S(=O)c2ccccc21. The highest BCUT2D eigenvalue weighted by Gasteiger charge is 2.34. The summed E-state index contributed by atoms with van der Waals surface area (Å²) in [4.78, 5) is 0.461. The molecule has 0 saturated heterocycles. The van der Waals surface area contributed by atoms with Crippen LogP contribution in [0.1, 0.15) is 0 Å². The molecular weight excluding hydrogens is 262 g/mol. The van der Waals surface area contributed by atoms with Crippen LogP contribution in [0.2, 0.25) is 0 Å². The van der Waals surface area contributed by atoms with E-state index < -0.39 is 26.1 Å². The number of aliphatic hydroxyl groups is 1. The van der Waals surface area contributed by atoms with Crippen LogP contribution in [0.3, 0.4) is 0 Å². The number of hydrogen-bond acceptors (Lipinski definition) is 4. The number of nitrogens with zero attached hydrogens (tertiary/aromatic N) is 1. The summed E-state index contributed by atoms with van der Waals surface area (Å²) in [6, 6.07) is 6.66. The first-order valence-corrected chi connectivity index (χ1v) is 8.09. The molecule has 1 aliphatic rings. The van der Waals surface area contributed by atoms with Crippen molar-refractivity contribution in [1.82, 2.24) is 0 Å². The molecule has 2 atom stereocenters. The van der Waals surface area contributed by atoms with Crippen molar-refractivity contribution >= 4 is 26.5 Å². The Bertz CT molecular complexity index is 555. The molecule has 0 saturated carbocycles. The number of aliphatic hydroxyl groups excluding tert-OH is 1. The second kappa shape index (κ2) is 4.40. The van der Waals surface area contributed by atoms with E-state index in [4.69, 9.17) is 5.11 Å². The zero-order valence-corrected chi connectivity index (χ0v) is 10.9. The second-order valence-corrected chi connectivity index (χ2v) is 7.47. The predicted octanol–water partition coefficient (Wildman–Crippen LogP) is -0.0653. The minimum absolute atomic E-state index is 0.0545. The fourth-order valence-electron chi connectivity index (χ4n) is 1.80. The Kier molecular flexibility index (Phi) is 3.24. The molecule has 2 rings (SSSR count). The zero-order chi connectivity index (χ0) is 12.6. The highest BCUT2D eigenvalue weighted by Crippen LogP contribution is 2.32. The molecule has 1 aliphatic heterocycles. The first kappa shape index (κ1) is 12.5. The summed E-state index contributed by atoms with van der Waals surface area (Å²) >= 11 is 0. The van der Waals surface area contributed by atoms with E-state index in [9.17, 15) is 12.6 Å². The summed E-state index contributed by atoms with van der Waals surface area (Å²) in [5, 5.41) is 8.59. The molecule has 17 heavy (non-hydrogen) atoms. The van der Waals surface area contributed by atoms with Crippen LogP contribution in [0.25, 0.3) is 0 Å². The number of hydrogen-bond donors (Lipinski definition) is 1. The van der Waals surface area contributed by atoms with Crippen molar-refractivity contribution in [3.05, 3.63) is 24.3 Å². The van der Waals surface area contributed by atoms with Gasteiger partial charge in [0.15, 0.2) is 0 Å². The van der Waals surface area contributed by atoms with E-state index in [2.05, 4.69) is 0 Å². The summed E-state index contributed by atoms with van der Waals surface area (Å²) in [5.41, 5.74) is 0.443. The summed E-state index contributed by atoms with van der Waals surface area (Å²) in [6.07, 6.45) is 1.10. The van der Waals surface area contributed by atoms with E-state index in [0.717, 1.165) is 6.26 Å². The number of sulfonamides is 1. The van der Waals surface area contributed by atoms with Crippen molar-refractivity contribution in [2.24, 2.45) is 0 Å². The molecule has 0 radical (unpaired) electrons. The van der Waals surface area contributed by atoms with Gasteiger partial charge in [0.05, 0.1) is 46.0 Å². The quantitative estimate of drug-likeness (QED) is 0.820. The monoisotopic (exact) mass is 275 g/mol. The molecule has 5 nitrogen and oxygen atoms in total. The normalized spacial score (nSPS) is 24.5. The van der Waals surface area contributed by atoms with E-state index in [0.29, 0.717) is 10.6 Å². The van der Waals surface area contributed by atoms with Gasteiger partial charge in [-0.1, -0.05) is 12.1 Å². The van der Waals surface area contributed by atoms with Gasteiger partial charge < -0.3 is 5.11 Å². The summed E-state index contributed by atoms with van der Waals surface area (Å²) in [5.74, 6) is 0. The van der Waals surface area contributed by atoms with E-state index in [1.54, 1.807) is 24.3 Å². The molecule has 1 aromatic rings. The molecule has 1 heterocycles. The Balaban J connectivity index is 2.59. The molecule has 0 amide bonds. The minimum atomic E-state index is -3.42. The second-order valence-electron chi connectivity index (χ2n) is 3.86.